The van der Waals surface area contributed by atoms with E-state index in [-0.39, 0.29) is 25.0 Å². The summed E-state index contributed by atoms with van der Waals surface area (Å²) < 4.78 is 47.7. The third kappa shape index (κ3) is 5.18. The van der Waals surface area contributed by atoms with Crippen LogP contribution in [0.4, 0.5) is 4.39 Å². The van der Waals surface area contributed by atoms with Crippen LogP contribution in [-0.2, 0) is 19.2 Å². The lowest BCUT2D eigenvalue weighted by molar-refractivity contribution is 0.00794. The monoisotopic (exact) mass is 551 g/mol. The van der Waals surface area contributed by atoms with E-state index in [0.717, 1.165) is 11.1 Å². The third-order valence-electron chi connectivity index (χ3n) is 6.72. The van der Waals surface area contributed by atoms with Crippen LogP contribution in [0.3, 0.4) is 0 Å². The molecule has 0 radical (unpaired) electrons. The van der Waals surface area contributed by atoms with Crippen molar-refractivity contribution >= 4 is 26.7 Å². The summed E-state index contributed by atoms with van der Waals surface area (Å²) in [4.78, 5) is 19.7. The molecule has 2 fully saturated rings. The van der Waals surface area contributed by atoms with Gasteiger partial charge in [-0.3, -0.25) is 4.79 Å². The number of carbonyl (C=O) groups excluding carboxylic acids is 1. The van der Waals surface area contributed by atoms with Crippen LogP contribution < -0.4 is 4.74 Å². The fourth-order valence-electron chi connectivity index (χ4n) is 4.86. The van der Waals surface area contributed by atoms with Gasteiger partial charge in [-0.05, 0) is 23.3 Å². The number of aromatic nitrogens is 2. The molecule has 4 atom stereocenters. The normalized spacial score (nSPS) is 22.7. The zero-order valence-electron chi connectivity index (χ0n) is 21.2. The number of carbonyl (C=O) groups is 1. The number of hydrogen-bond acceptors (Lipinski definition) is 7. The molecule has 2 aromatic heterocycles. The molecule has 6 rings (SSSR count). The fraction of sp³-hybridized carbons (Fsp3) is 0.286. The van der Waals surface area contributed by atoms with Crippen molar-refractivity contribution in [3.8, 4) is 28.3 Å². The average Bonchev–Trinajstić information content (AvgIpc) is 3.59. The van der Waals surface area contributed by atoms with Gasteiger partial charge in [-0.15, -0.1) is 0 Å². The topological polar surface area (TPSA) is 123 Å². The molecule has 0 aliphatic carbocycles. The molecule has 4 heterocycles. The lowest BCUT2D eigenvalue weighted by atomic mass is 10.0. The standard InChI is InChI=1S/C28H26FN3O6S/c1-39(2,35)32-28(34)18-9-5-16(6-10-18)15-3-7-17(8-4-15)25-19(29)11-20-21(31-25)12-24(30-20)38-23-14-37-26-22(33)13-36-27(23)26/h3-12,22-23,26-27,30,33H,13-14H2,1-2H3/t22-,23-,26-,27-/m1/s1. The second kappa shape index (κ2) is 9.83. The quantitative estimate of drug-likeness (QED) is 0.387. The second-order valence-electron chi connectivity index (χ2n) is 9.94. The van der Waals surface area contributed by atoms with Gasteiger partial charge in [0.25, 0.3) is 5.91 Å². The van der Waals surface area contributed by atoms with Crippen molar-refractivity contribution in [2.75, 3.05) is 25.7 Å². The van der Waals surface area contributed by atoms with Crippen LogP contribution in [0.5, 0.6) is 5.88 Å². The number of nitrogens with one attached hydrogen (secondary N) is 1. The minimum Gasteiger partial charge on any atom is -0.470 e. The van der Waals surface area contributed by atoms with Crippen LogP contribution in [0, 0.1) is 5.82 Å². The van der Waals surface area contributed by atoms with Gasteiger partial charge in [0.1, 0.15) is 24.0 Å². The lowest BCUT2D eigenvalue weighted by Gasteiger charge is -2.16. The number of aliphatic hydroxyl groups excluding tert-OH is 1. The van der Waals surface area contributed by atoms with Crippen LogP contribution >= 0.6 is 0 Å². The largest absolute Gasteiger partial charge is 0.470 e. The van der Waals surface area contributed by atoms with E-state index in [1.165, 1.54) is 18.6 Å². The van der Waals surface area contributed by atoms with Crippen LogP contribution in [-0.4, -0.2) is 75.3 Å². The summed E-state index contributed by atoms with van der Waals surface area (Å²) in [6.45, 7) is 0.495. The van der Waals surface area contributed by atoms with E-state index in [0.29, 0.717) is 28.0 Å². The summed E-state index contributed by atoms with van der Waals surface area (Å²) in [5.74, 6) is -0.586. The van der Waals surface area contributed by atoms with Gasteiger partial charge >= 0.3 is 0 Å². The van der Waals surface area contributed by atoms with Crippen LogP contribution in [0.1, 0.15) is 10.4 Å². The van der Waals surface area contributed by atoms with Gasteiger partial charge in [0.15, 0.2) is 17.8 Å². The summed E-state index contributed by atoms with van der Waals surface area (Å²) in [5.41, 5.74) is 3.94. The Kier molecular flexibility index (Phi) is 6.46. The molecule has 0 unspecified atom stereocenters. The van der Waals surface area contributed by atoms with Crippen molar-refractivity contribution in [3.05, 3.63) is 72.0 Å². The Bertz CT molecular complexity index is 1670. The van der Waals surface area contributed by atoms with Gasteiger partial charge in [0.05, 0.1) is 24.2 Å². The molecule has 0 bridgehead atoms. The van der Waals surface area contributed by atoms with E-state index >= 15 is 4.39 Å². The van der Waals surface area contributed by atoms with Crippen molar-refractivity contribution < 1.29 is 32.7 Å². The van der Waals surface area contributed by atoms with Crippen molar-refractivity contribution in [2.45, 2.75) is 24.4 Å². The highest BCUT2D eigenvalue weighted by Crippen LogP contribution is 2.32. The predicted octanol–water partition coefficient (Wildman–Crippen LogP) is 3.81. The minimum atomic E-state index is -2.53. The zero-order chi connectivity index (χ0) is 27.3. The maximum Gasteiger partial charge on any atom is 0.285 e. The number of halogens is 1. The van der Waals surface area contributed by atoms with Crippen LogP contribution in [0.15, 0.2) is 65.0 Å². The second-order valence-corrected chi connectivity index (χ2v) is 12.5. The number of benzene rings is 2. The van der Waals surface area contributed by atoms with Gasteiger partial charge < -0.3 is 24.3 Å². The highest BCUT2D eigenvalue weighted by atomic mass is 32.2. The number of nitrogens with zero attached hydrogens (tertiary/aromatic N) is 2. The van der Waals surface area contributed by atoms with Crippen molar-refractivity contribution in [3.63, 3.8) is 0 Å². The number of pyridine rings is 1. The maximum absolute atomic E-state index is 15.0. The van der Waals surface area contributed by atoms with Gasteiger partial charge in [0.2, 0.25) is 0 Å². The summed E-state index contributed by atoms with van der Waals surface area (Å²) in [6, 6.07) is 17.2. The number of aromatic amines is 1. The molecule has 39 heavy (non-hydrogen) atoms. The lowest BCUT2D eigenvalue weighted by Crippen LogP contribution is -2.34. The molecule has 1 amide bonds. The summed E-state index contributed by atoms with van der Waals surface area (Å²) in [7, 11) is -2.53. The van der Waals surface area contributed by atoms with E-state index < -0.39 is 39.8 Å². The van der Waals surface area contributed by atoms with E-state index in [1.807, 2.05) is 12.1 Å². The third-order valence-corrected chi connectivity index (χ3v) is 7.32. The van der Waals surface area contributed by atoms with Crippen LogP contribution in [0.2, 0.25) is 0 Å². The van der Waals surface area contributed by atoms with E-state index in [2.05, 4.69) is 14.3 Å². The van der Waals surface area contributed by atoms with Gasteiger partial charge in [0, 0.05) is 45.5 Å². The SMILES string of the molecule is CS(C)(=O)=NC(=O)c1ccc(-c2ccc(-c3nc4cc(O[C@@H]5CO[C@H]6[C@@H]5OC[C@H]6O)[nH]c4cc3F)cc2)cc1. The summed E-state index contributed by atoms with van der Waals surface area (Å²) in [5, 5.41) is 9.92. The first-order chi connectivity index (χ1) is 18.6. The molecule has 2 aliphatic rings. The molecule has 0 spiro atoms. The van der Waals surface area contributed by atoms with E-state index in [9.17, 15) is 14.1 Å². The fourth-order valence-corrected chi connectivity index (χ4v) is 5.36. The Morgan fingerprint density at radius 2 is 1.67 bits per heavy atom. The first kappa shape index (κ1) is 25.6. The van der Waals surface area contributed by atoms with Crippen molar-refractivity contribution in [1.29, 1.82) is 0 Å². The van der Waals surface area contributed by atoms with Crippen molar-refractivity contribution in [2.24, 2.45) is 4.36 Å². The molecule has 2 aliphatic heterocycles. The Hall–Kier alpha value is -3.64. The molecule has 11 heteroatoms. The highest BCUT2D eigenvalue weighted by molar-refractivity contribution is 7.92. The van der Waals surface area contributed by atoms with E-state index in [1.54, 1.807) is 42.5 Å². The zero-order valence-corrected chi connectivity index (χ0v) is 22.0. The number of fused-ring (bicyclic) bond motifs is 2. The van der Waals surface area contributed by atoms with E-state index in [4.69, 9.17) is 14.2 Å². The minimum absolute atomic E-state index is 0.205. The molecular weight excluding hydrogens is 525 g/mol. The highest BCUT2D eigenvalue weighted by Gasteiger charge is 2.48. The van der Waals surface area contributed by atoms with Gasteiger partial charge in [-0.25, -0.2) is 13.6 Å². The molecule has 9 nitrogen and oxygen atoms in total. The summed E-state index contributed by atoms with van der Waals surface area (Å²) in [6.07, 6.45) is 1.01. The number of aliphatic hydroxyl groups is 1. The molecule has 2 aromatic carbocycles. The molecule has 0 saturated carbocycles. The number of hydrogen-bond donors (Lipinski definition) is 2. The molecule has 4 aromatic rings. The maximum atomic E-state index is 15.0. The average molecular weight is 552 g/mol. The number of H-pyrrole nitrogens is 1. The van der Waals surface area contributed by atoms with Gasteiger partial charge in [-0.1, -0.05) is 36.4 Å². The molecule has 2 saturated heterocycles. The molecular formula is C28H26FN3O6S. The Labute approximate surface area is 224 Å². The molecule has 2 N–H and O–H groups in total. The molecule has 202 valence electrons. The number of ether oxygens (including phenoxy) is 3. The van der Waals surface area contributed by atoms with Crippen molar-refractivity contribution in [1.82, 2.24) is 9.97 Å². The Balaban J connectivity index is 1.20. The summed E-state index contributed by atoms with van der Waals surface area (Å²) >= 11 is 0. The number of rotatable bonds is 5. The first-order valence-corrected chi connectivity index (χ1v) is 14.7. The Morgan fingerprint density at radius 3 is 2.36 bits per heavy atom. The number of amides is 1. The Morgan fingerprint density at radius 1 is 1.03 bits per heavy atom. The predicted molar refractivity (Wildman–Crippen MR) is 144 cm³/mol. The first-order valence-electron chi connectivity index (χ1n) is 12.3. The van der Waals surface area contributed by atoms with Crippen LogP contribution in [0.25, 0.3) is 33.4 Å². The van der Waals surface area contributed by atoms with Gasteiger partial charge in [-0.2, -0.15) is 4.36 Å². The smallest absolute Gasteiger partial charge is 0.285 e.